The van der Waals surface area contributed by atoms with Gasteiger partial charge in [0.1, 0.15) is 5.69 Å². The average molecular weight is 586 g/mol. The van der Waals surface area contributed by atoms with Crippen molar-refractivity contribution in [3.05, 3.63) is 120 Å². The second-order valence-electron chi connectivity index (χ2n) is 8.64. The fourth-order valence-electron chi connectivity index (χ4n) is 4.49. The average Bonchev–Trinajstić information content (AvgIpc) is 3.17. The molecule has 184 valence electrons. The van der Waals surface area contributed by atoms with Crippen molar-refractivity contribution in [3.63, 3.8) is 0 Å². The SMILES string of the molecule is O=C(NCc1ccccc1)c1c2n(c(=O)n1-c1ccccc1Cl)CCN(Cc1ccc(Br)c(Cl)c1)C2. The van der Waals surface area contributed by atoms with Gasteiger partial charge in [-0.15, -0.1) is 0 Å². The fourth-order valence-corrected chi connectivity index (χ4v) is 5.16. The monoisotopic (exact) mass is 584 g/mol. The quantitative estimate of drug-likeness (QED) is 0.318. The van der Waals surface area contributed by atoms with Gasteiger partial charge in [-0.2, -0.15) is 0 Å². The Kier molecular flexibility index (Phi) is 7.34. The van der Waals surface area contributed by atoms with Crippen LogP contribution in [0.3, 0.4) is 0 Å². The number of halogens is 3. The van der Waals surface area contributed by atoms with E-state index in [0.29, 0.717) is 59.8 Å². The predicted octanol–water partition coefficient (Wildman–Crippen LogP) is 5.65. The van der Waals surface area contributed by atoms with E-state index in [4.69, 9.17) is 23.2 Å². The molecule has 36 heavy (non-hydrogen) atoms. The Morgan fingerprint density at radius 1 is 0.917 bits per heavy atom. The molecule has 2 heterocycles. The Morgan fingerprint density at radius 2 is 1.67 bits per heavy atom. The highest BCUT2D eigenvalue weighted by Gasteiger charge is 2.30. The summed E-state index contributed by atoms with van der Waals surface area (Å²) in [4.78, 5) is 29.4. The minimum atomic E-state index is -0.321. The van der Waals surface area contributed by atoms with Crippen LogP contribution in [0.2, 0.25) is 10.0 Å². The zero-order chi connectivity index (χ0) is 25.2. The minimum absolute atomic E-state index is 0.269. The van der Waals surface area contributed by atoms with E-state index in [2.05, 4.69) is 26.1 Å². The lowest BCUT2D eigenvalue weighted by Crippen LogP contribution is -2.37. The second-order valence-corrected chi connectivity index (χ2v) is 10.3. The van der Waals surface area contributed by atoms with Gasteiger partial charge in [0.15, 0.2) is 0 Å². The molecule has 1 aliphatic rings. The van der Waals surface area contributed by atoms with Crippen molar-refractivity contribution in [2.75, 3.05) is 6.54 Å². The van der Waals surface area contributed by atoms with E-state index in [-0.39, 0.29) is 11.6 Å². The van der Waals surface area contributed by atoms with Crippen LogP contribution in [0.1, 0.15) is 27.3 Å². The first-order chi connectivity index (χ1) is 17.4. The van der Waals surface area contributed by atoms with Gasteiger partial charge in [0, 0.05) is 37.2 Å². The van der Waals surface area contributed by atoms with Crippen molar-refractivity contribution in [1.29, 1.82) is 0 Å². The number of aromatic nitrogens is 2. The molecule has 0 spiro atoms. The normalized spacial score (nSPS) is 13.4. The molecule has 4 aromatic rings. The molecule has 0 unspecified atom stereocenters. The molecule has 0 saturated heterocycles. The third-order valence-electron chi connectivity index (χ3n) is 6.25. The summed E-state index contributed by atoms with van der Waals surface area (Å²) in [6.45, 7) is 2.56. The molecule has 1 aromatic heterocycles. The summed E-state index contributed by atoms with van der Waals surface area (Å²) in [5.74, 6) is -0.321. The van der Waals surface area contributed by atoms with E-state index in [1.54, 1.807) is 28.8 Å². The minimum Gasteiger partial charge on any atom is -0.347 e. The van der Waals surface area contributed by atoms with Crippen LogP contribution >= 0.6 is 39.1 Å². The maximum atomic E-state index is 13.6. The molecule has 0 bridgehead atoms. The first-order valence-corrected chi connectivity index (χ1v) is 13.0. The Hall–Kier alpha value is -2.84. The van der Waals surface area contributed by atoms with Gasteiger partial charge in [-0.05, 0) is 51.3 Å². The molecule has 1 amide bonds. The molecule has 5 rings (SSSR count). The molecule has 0 saturated carbocycles. The molecule has 6 nitrogen and oxygen atoms in total. The van der Waals surface area contributed by atoms with Crippen LogP contribution in [-0.2, 0) is 26.2 Å². The van der Waals surface area contributed by atoms with Crippen LogP contribution in [0.15, 0.2) is 82.1 Å². The standard InChI is InChI=1S/C27H23BrCl2N4O2/c28-20-11-10-19(14-22(20)30)16-32-12-13-33-24(17-32)25(26(35)31-15-18-6-2-1-3-7-18)34(27(33)36)23-9-5-4-8-21(23)29/h1-11,14H,12-13,15-17H2,(H,31,35). The largest absolute Gasteiger partial charge is 0.347 e. The number of carbonyl (C=O) groups is 1. The fraction of sp³-hybridized carbons (Fsp3) is 0.185. The Balaban J connectivity index is 1.52. The molecule has 1 N–H and O–H groups in total. The maximum absolute atomic E-state index is 13.6. The molecular weight excluding hydrogens is 563 g/mol. The van der Waals surface area contributed by atoms with Crippen LogP contribution < -0.4 is 11.0 Å². The molecule has 1 aliphatic heterocycles. The molecule has 0 aliphatic carbocycles. The summed E-state index contributed by atoms with van der Waals surface area (Å²) in [6, 6.07) is 22.6. The van der Waals surface area contributed by atoms with Gasteiger partial charge in [0.25, 0.3) is 5.91 Å². The van der Waals surface area contributed by atoms with Gasteiger partial charge in [-0.3, -0.25) is 18.8 Å². The van der Waals surface area contributed by atoms with Crippen LogP contribution in [0.4, 0.5) is 0 Å². The predicted molar refractivity (Wildman–Crippen MR) is 146 cm³/mol. The van der Waals surface area contributed by atoms with E-state index < -0.39 is 0 Å². The zero-order valence-corrected chi connectivity index (χ0v) is 22.4. The van der Waals surface area contributed by atoms with Crippen LogP contribution in [0, 0.1) is 0 Å². The molecule has 3 aromatic carbocycles. The molecule has 9 heteroatoms. The first-order valence-electron chi connectivity index (χ1n) is 11.5. The van der Waals surface area contributed by atoms with Crippen molar-refractivity contribution in [2.45, 2.75) is 26.2 Å². The van der Waals surface area contributed by atoms with Crippen molar-refractivity contribution in [2.24, 2.45) is 0 Å². The third-order valence-corrected chi connectivity index (χ3v) is 7.80. The number of benzene rings is 3. The number of nitrogens with zero attached hydrogens (tertiary/aromatic N) is 3. The Labute approximate surface area is 227 Å². The lowest BCUT2D eigenvalue weighted by atomic mass is 10.1. The number of carbonyl (C=O) groups excluding carboxylic acids is 1. The summed E-state index contributed by atoms with van der Waals surface area (Å²) in [7, 11) is 0. The molecular formula is C27H23BrCl2N4O2. The summed E-state index contributed by atoms with van der Waals surface area (Å²) in [5.41, 5.74) is 3.22. The highest BCUT2D eigenvalue weighted by Crippen LogP contribution is 2.27. The summed E-state index contributed by atoms with van der Waals surface area (Å²) < 4.78 is 3.97. The van der Waals surface area contributed by atoms with Gasteiger partial charge < -0.3 is 5.32 Å². The van der Waals surface area contributed by atoms with Gasteiger partial charge in [-0.25, -0.2) is 4.79 Å². The van der Waals surface area contributed by atoms with E-state index >= 15 is 0 Å². The number of nitrogens with one attached hydrogen (secondary N) is 1. The number of imidazole rings is 1. The highest BCUT2D eigenvalue weighted by molar-refractivity contribution is 9.10. The Morgan fingerprint density at radius 3 is 2.42 bits per heavy atom. The van der Waals surface area contributed by atoms with Crippen molar-refractivity contribution in [3.8, 4) is 5.69 Å². The van der Waals surface area contributed by atoms with Gasteiger partial charge in [-0.1, -0.05) is 71.7 Å². The summed E-state index contributed by atoms with van der Waals surface area (Å²) in [6.07, 6.45) is 0. The van der Waals surface area contributed by atoms with E-state index in [9.17, 15) is 9.59 Å². The van der Waals surface area contributed by atoms with E-state index in [1.165, 1.54) is 4.57 Å². The first kappa shape index (κ1) is 24.8. The second kappa shape index (κ2) is 10.6. The smallest absolute Gasteiger partial charge is 0.333 e. The van der Waals surface area contributed by atoms with E-state index in [0.717, 1.165) is 15.6 Å². The zero-order valence-electron chi connectivity index (χ0n) is 19.3. The van der Waals surface area contributed by atoms with Gasteiger partial charge in [0.2, 0.25) is 0 Å². The summed E-state index contributed by atoms with van der Waals surface area (Å²) in [5, 5.41) is 4.04. The van der Waals surface area contributed by atoms with Gasteiger partial charge in [0.05, 0.1) is 21.4 Å². The van der Waals surface area contributed by atoms with Crippen molar-refractivity contribution in [1.82, 2.24) is 19.4 Å². The Bertz CT molecular complexity index is 1480. The summed E-state index contributed by atoms with van der Waals surface area (Å²) >= 11 is 16.2. The third kappa shape index (κ3) is 5.02. The lowest BCUT2D eigenvalue weighted by Gasteiger charge is -2.28. The lowest BCUT2D eigenvalue weighted by molar-refractivity contribution is 0.0940. The number of hydrogen-bond donors (Lipinski definition) is 1. The number of rotatable bonds is 6. The van der Waals surface area contributed by atoms with Crippen molar-refractivity contribution < 1.29 is 4.79 Å². The molecule has 0 fully saturated rings. The number of para-hydroxylation sites is 1. The number of hydrogen-bond acceptors (Lipinski definition) is 3. The van der Waals surface area contributed by atoms with Crippen molar-refractivity contribution >= 4 is 45.0 Å². The van der Waals surface area contributed by atoms with Crippen LogP contribution in [0.5, 0.6) is 0 Å². The highest BCUT2D eigenvalue weighted by atomic mass is 79.9. The molecule has 0 radical (unpaired) electrons. The maximum Gasteiger partial charge on any atom is 0.333 e. The molecule has 0 atom stereocenters. The number of fused-ring (bicyclic) bond motifs is 1. The van der Waals surface area contributed by atoms with Gasteiger partial charge >= 0.3 is 5.69 Å². The van der Waals surface area contributed by atoms with Crippen LogP contribution in [0.25, 0.3) is 5.69 Å². The van der Waals surface area contributed by atoms with Crippen LogP contribution in [-0.4, -0.2) is 26.5 Å². The topological polar surface area (TPSA) is 59.3 Å². The van der Waals surface area contributed by atoms with E-state index in [1.807, 2.05) is 48.5 Å². The number of amides is 1.